The summed E-state index contributed by atoms with van der Waals surface area (Å²) in [6.45, 7) is 3.26. The van der Waals surface area contributed by atoms with Crippen molar-refractivity contribution in [2.45, 2.75) is 87.7 Å². The Morgan fingerprint density at radius 3 is 2.56 bits per heavy atom. The Morgan fingerprint density at radius 2 is 1.82 bits per heavy atom. The molecule has 1 aliphatic heterocycles. The third-order valence-corrected chi connectivity index (χ3v) is 10.0. The maximum atomic E-state index is 13.4. The van der Waals surface area contributed by atoms with E-state index in [1.54, 1.807) is 7.11 Å². The minimum atomic E-state index is -0.246. The highest BCUT2D eigenvalue weighted by atomic mass is 16.5. The number of ether oxygens (including phenoxy) is 2. The largest absolute Gasteiger partial charge is 0.497 e. The van der Waals surface area contributed by atoms with Gasteiger partial charge in [-0.3, -0.25) is 4.79 Å². The Labute approximate surface area is 235 Å². The molecule has 39 heavy (non-hydrogen) atoms. The molecule has 212 valence electrons. The highest BCUT2D eigenvalue weighted by molar-refractivity contribution is 5.76. The van der Waals surface area contributed by atoms with Gasteiger partial charge in [0.25, 0.3) is 0 Å². The molecule has 2 saturated carbocycles. The van der Waals surface area contributed by atoms with Gasteiger partial charge in [0, 0.05) is 45.1 Å². The molecule has 0 spiro atoms. The van der Waals surface area contributed by atoms with Crippen molar-refractivity contribution in [3.63, 3.8) is 0 Å². The number of piperidine rings is 1. The molecule has 0 N–H and O–H groups in total. The van der Waals surface area contributed by atoms with E-state index in [1.165, 1.54) is 30.5 Å². The molecule has 0 bridgehead atoms. The number of benzene rings is 2. The van der Waals surface area contributed by atoms with Gasteiger partial charge in [-0.1, -0.05) is 48.9 Å². The van der Waals surface area contributed by atoms with Crippen LogP contribution >= 0.6 is 0 Å². The van der Waals surface area contributed by atoms with E-state index >= 15 is 0 Å². The Morgan fingerprint density at radius 1 is 1.00 bits per heavy atom. The molecule has 0 aromatic heterocycles. The fraction of sp³-hybridized carbons (Fsp3) is 0.618. The predicted octanol–water partition coefficient (Wildman–Crippen LogP) is 6.25. The third-order valence-electron chi connectivity index (χ3n) is 10.0. The van der Waals surface area contributed by atoms with Gasteiger partial charge >= 0.3 is 0 Å². The molecule has 2 aliphatic carbocycles. The SMILES string of the molecule is COc1cccc([C@@]23CCN(CC4CC4)C[C@@]2(OC)CC[C@@H](N(C)C(=O)CCCCCc2ccccc2)C3)c1. The number of likely N-dealkylation sites (tertiary alicyclic amines) is 1. The molecule has 3 aliphatic rings. The molecule has 5 rings (SSSR count). The van der Waals surface area contributed by atoms with Gasteiger partial charge in [-0.05, 0) is 93.5 Å². The molecule has 1 saturated heterocycles. The Hall–Kier alpha value is -2.37. The number of rotatable bonds is 12. The van der Waals surface area contributed by atoms with Gasteiger partial charge in [0.2, 0.25) is 5.91 Å². The van der Waals surface area contributed by atoms with Crippen LogP contribution < -0.4 is 4.74 Å². The van der Waals surface area contributed by atoms with Crippen LogP contribution in [0.2, 0.25) is 0 Å². The molecular formula is C34H48N2O3. The van der Waals surface area contributed by atoms with Crippen LogP contribution in [-0.2, 0) is 21.4 Å². The third kappa shape index (κ3) is 6.20. The molecule has 3 fully saturated rings. The zero-order chi connectivity index (χ0) is 27.3. The number of fused-ring (bicyclic) bond motifs is 1. The van der Waals surface area contributed by atoms with E-state index in [0.717, 1.165) is 76.1 Å². The van der Waals surface area contributed by atoms with Crippen molar-refractivity contribution in [3.05, 3.63) is 65.7 Å². The van der Waals surface area contributed by atoms with Crippen LogP contribution in [0.3, 0.4) is 0 Å². The molecular weight excluding hydrogens is 484 g/mol. The molecule has 3 atom stereocenters. The number of amides is 1. The summed E-state index contributed by atoms with van der Waals surface area (Å²) >= 11 is 0. The van der Waals surface area contributed by atoms with E-state index in [4.69, 9.17) is 9.47 Å². The summed E-state index contributed by atoms with van der Waals surface area (Å²) in [6, 6.07) is 19.5. The minimum absolute atomic E-state index is 0.135. The van der Waals surface area contributed by atoms with Crippen LogP contribution in [0, 0.1) is 5.92 Å². The summed E-state index contributed by atoms with van der Waals surface area (Å²) in [5.74, 6) is 2.06. The highest BCUT2D eigenvalue weighted by Gasteiger charge is 2.59. The molecule has 0 radical (unpaired) electrons. The van der Waals surface area contributed by atoms with Gasteiger partial charge in [-0.25, -0.2) is 0 Å². The standard InChI is InChI=1S/C34H48N2O3/c1-35(32(37)16-9-5-8-13-27-11-6-4-7-12-27)30-19-20-34(39-3)26-36(25-28-17-18-28)22-21-33(34,24-30)29-14-10-15-31(23-29)38-2/h4,6-7,10-12,14-15,23,28,30H,5,8-9,13,16-22,24-26H2,1-3H3/t30-,33+,34+/m1/s1. The van der Waals surface area contributed by atoms with Crippen LogP contribution in [0.5, 0.6) is 5.75 Å². The average molecular weight is 533 g/mol. The van der Waals surface area contributed by atoms with Crippen LogP contribution in [0.4, 0.5) is 0 Å². The van der Waals surface area contributed by atoms with Crippen molar-refractivity contribution in [2.75, 3.05) is 40.9 Å². The fourth-order valence-electron chi connectivity index (χ4n) is 7.45. The molecule has 1 heterocycles. The second kappa shape index (κ2) is 12.4. The zero-order valence-corrected chi connectivity index (χ0v) is 24.4. The minimum Gasteiger partial charge on any atom is -0.497 e. The summed E-state index contributed by atoms with van der Waals surface area (Å²) in [5, 5.41) is 0. The monoisotopic (exact) mass is 532 g/mol. The number of methoxy groups -OCH3 is 2. The zero-order valence-electron chi connectivity index (χ0n) is 24.4. The first-order valence-corrected chi connectivity index (χ1v) is 15.2. The number of unbranched alkanes of at least 4 members (excludes halogenated alkanes) is 2. The molecule has 2 aromatic carbocycles. The van der Waals surface area contributed by atoms with E-state index in [1.807, 2.05) is 20.2 Å². The Bertz CT molecular complexity index is 1090. The molecule has 5 heteroatoms. The molecule has 0 unspecified atom stereocenters. The topological polar surface area (TPSA) is 42.0 Å². The second-order valence-electron chi connectivity index (χ2n) is 12.4. The van der Waals surface area contributed by atoms with Crippen molar-refractivity contribution in [3.8, 4) is 5.75 Å². The lowest BCUT2D eigenvalue weighted by atomic mass is 9.55. The van der Waals surface area contributed by atoms with Crippen molar-refractivity contribution >= 4 is 5.91 Å². The lowest BCUT2D eigenvalue weighted by Crippen LogP contribution is -2.68. The van der Waals surface area contributed by atoms with Gasteiger partial charge in [0.05, 0.1) is 12.7 Å². The van der Waals surface area contributed by atoms with Crippen LogP contribution in [-0.4, -0.2) is 68.3 Å². The van der Waals surface area contributed by atoms with Crippen molar-refractivity contribution in [2.24, 2.45) is 5.92 Å². The lowest BCUT2D eigenvalue weighted by molar-refractivity contribution is -0.160. The maximum absolute atomic E-state index is 13.4. The number of nitrogens with zero attached hydrogens (tertiary/aromatic N) is 2. The van der Waals surface area contributed by atoms with Crippen LogP contribution in [0.25, 0.3) is 0 Å². The first kappa shape index (κ1) is 28.2. The Kier molecular flexibility index (Phi) is 8.98. The average Bonchev–Trinajstić information content (AvgIpc) is 3.80. The molecule has 1 amide bonds. The number of aryl methyl sites for hydroxylation is 1. The van der Waals surface area contributed by atoms with Gasteiger partial charge in [-0.2, -0.15) is 0 Å². The number of carbonyl (C=O) groups is 1. The van der Waals surface area contributed by atoms with Gasteiger partial charge in [0.1, 0.15) is 5.75 Å². The van der Waals surface area contributed by atoms with Crippen molar-refractivity contribution < 1.29 is 14.3 Å². The summed E-state index contributed by atoms with van der Waals surface area (Å²) in [4.78, 5) is 18.1. The summed E-state index contributed by atoms with van der Waals surface area (Å²) in [7, 11) is 5.70. The van der Waals surface area contributed by atoms with Crippen molar-refractivity contribution in [1.29, 1.82) is 0 Å². The van der Waals surface area contributed by atoms with E-state index < -0.39 is 0 Å². The van der Waals surface area contributed by atoms with E-state index in [0.29, 0.717) is 6.42 Å². The quantitative estimate of drug-likeness (QED) is 0.303. The number of hydrogen-bond donors (Lipinski definition) is 0. The first-order valence-electron chi connectivity index (χ1n) is 15.2. The van der Waals surface area contributed by atoms with Gasteiger partial charge in [0.15, 0.2) is 0 Å². The smallest absolute Gasteiger partial charge is 0.222 e. The maximum Gasteiger partial charge on any atom is 0.222 e. The van der Waals surface area contributed by atoms with Gasteiger partial charge < -0.3 is 19.3 Å². The summed E-state index contributed by atoms with van der Waals surface area (Å²) in [5.41, 5.74) is 2.31. The summed E-state index contributed by atoms with van der Waals surface area (Å²) < 4.78 is 12.2. The van der Waals surface area contributed by atoms with Crippen LogP contribution in [0.15, 0.2) is 54.6 Å². The second-order valence-corrected chi connectivity index (χ2v) is 12.4. The number of hydrogen-bond acceptors (Lipinski definition) is 4. The normalized spacial score (nSPS) is 27.1. The van der Waals surface area contributed by atoms with E-state index in [2.05, 4.69) is 58.3 Å². The van der Waals surface area contributed by atoms with Gasteiger partial charge in [-0.15, -0.1) is 0 Å². The fourth-order valence-corrected chi connectivity index (χ4v) is 7.45. The lowest BCUT2D eigenvalue weighted by Gasteiger charge is -2.60. The molecule has 5 nitrogen and oxygen atoms in total. The Balaban J connectivity index is 1.27. The highest BCUT2D eigenvalue weighted by Crippen LogP contribution is 2.54. The van der Waals surface area contributed by atoms with Crippen LogP contribution in [0.1, 0.15) is 75.3 Å². The predicted molar refractivity (Wildman–Crippen MR) is 157 cm³/mol. The molecule has 2 aromatic rings. The first-order chi connectivity index (χ1) is 19.0. The van der Waals surface area contributed by atoms with E-state index in [-0.39, 0.29) is 23.0 Å². The van der Waals surface area contributed by atoms with E-state index in [9.17, 15) is 4.79 Å². The number of carbonyl (C=O) groups excluding carboxylic acids is 1. The summed E-state index contributed by atoms with van der Waals surface area (Å²) in [6.07, 6.45) is 11.6. The van der Waals surface area contributed by atoms with Crippen molar-refractivity contribution in [1.82, 2.24) is 9.80 Å².